The summed E-state index contributed by atoms with van der Waals surface area (Å²) in [5, 5.41) is 4.07. The van der Waals surface area contributed by atoms with E-state index in [1.165, 1.54) is 28.9 Å². The van der Waals surface area contributed by atoms with Crippen molar-refractivity contribution in [2.45, 2.75) is 6.42 Å². The van der Waals surface area contributed by atoms with Crippen LogP contribution in [0.25, 0.3) is 0 Å². The smallest absolute Gasteiger partial charge is 0.282 e. The molecule has 3 rings (SSSR count). The average Bonchev–Trinajstić information content (AvgIpc) is 2.86. The number of carbonyl (C=O) groups excluding carboxylic acids is 1. The van der Waals surface area contributed by atoms with E-state index in [-0.39, 0.29) is 17.3 Å². The molecule has 8 heteroatoms. The quantitative estimate of drug-likeness (QED) is 0.762. The third kappa shape index (κ3) is 3.73. The van der Waals surface area contributed by atoms with Gasteiger partial charge in [-0.05, 0) is 46.6 Å². The summed E-state index contributed by atoms with van der Waals surface area (Å²) in [7, 11) is 1.60. The molecule has 1 aromatic heterocycles. The SMILES string of the molecule is Cn1ncc(N2CCCN(C(=O)c3ccc(F)cc3)CC2)c(Br)c1=O. The van der Waals surface area contributed by atoms with Crippen LogP contribution in [0, 0.1) is 5.82 Å². The largest absolute Gasteiger partial charge is 0.367 e. The van der Waals surface area contributed by atoms with Gasteiger partial charge in [0.1, 0.15) is 10.3 Å². The van der Waals surface area contributed by atoms with E-state index in [9.17, 15) is 14.0 Å². The molecule has 0 saturated carbocycles. The van der Waals surface area contributed by atoms with E-state index in [4.69, 9.17) is 0 Å². The molecule has 1 aliphatic heterocycles. The Labute approximate surface area is 153 Å². The van der Waals surface area contributed by atoms with Gasteiger partial charge < -0.3 is 9.80 Å². The summed E-state index contributed by atoms with van der Waals surface area (Å²) in [6.07, 6.45) is 2.43. The standard InChI is InChI=1S/C17H18BrFN4O2/c1-21-17(25)15(18)14(11-20-21)22-7-2-8-23(10-9-22)16(24)12-3-5-13(19)6-4-12/h3-6,11H,2,7-10H2,1H3. The Kier molecular flexibility index (Phi) is 5.17. The number of amides is 1. The Hall–Kier alpha value is -2.22. The number of hydrogen-bond acceptors (Lipinski definition) is 4. The Morgan fingerprint density at radius 3 is 2.60 bits per heavy atom. The van der Waals surface area contributed by atoms with E-state index < -0.39 is 0 Å². The maximum absolute atomic E-state index is 13.0. The molecule has 0 spiro atoms. The van der Waals surface area contributed by atoms with E-state index in [0.717, 1.165) is 18.7 Å². The summed E-state index contributed by atoms with van der Waals surface area (Å²) in [5.41, 5.74) is 1.02. The molecule has 1 aromatic carbocycles. The first kappa shape index (κ1) is 17.6. The molecule has 2 aromatic rings. The molecule has 0 radical (unpaired) electrons. The highest BCUT2D eigenvalue weighted by atomic mass is 79.9. The molecular formula is C17H18BrFN4O2. The lowest BCUT2D eigenvalue weighted by Gasteiger charge is -2.24. The number of aromatic nitrogens is 2. The van der Waals surface area contributed by atoms with Gasteiger partial charge in [-0.1, -0.05) is 0 Å². The normalized spacial score (nSPS) is 15.2. The average molecular weight is 409 g/mol. The zero-order valence-electron chi connectivity index (χ0n) is 13.8. The van der Waals surface area contributed by atoms with Crippen LogP contribution in [0.5, 0.6) is 0 Å². The lowest BCUT2D eigenvalue weighted by molar-refractivity contribution is 0.0767. The maximum Gasteiger partial charge on any atom is 0.282 e. The Bertz CT molecular complexity index is 838. The van der Waals surface area contributed by atoms with Crippen molar-refractivity contribution < 1.29 is 9.18 Å². The number of hydrogen-bond donors (Lipinski definition) is 0. The van der Waals surface area contributed by atoms with Gasteiger partial charge in [0.15, 0.2) is 0 Å². The second kappa shape index (κ2) is 7.35. The Morgan fingerprint density at radius 2 is 1.88 bits per heavy atom. The minimum atomic E-state index is -0.360. The van der Waals surface area contributed by atoms with Crippen LogP contribution in [0.2, 0.25) is 0 Å². The van der Waals surface area contributed by atoms with Crippen molar-refractivity contribution in [1.29, 1.82) is 0 Å². The van der Waals surface area contributed by atoms with Crippen LogP contribution in [-0.4, -0.2) is 46.8 Å². The lowest BCUT2D eigenvalue weighted by atomic mass is 10.2. The third-order valence-electron chi connectivity index (χ3n) is 4.27. The molecule has 0 atom stereocenters. The summed E-state index contributed by atoms with van der Waals surface area (Å²) >= 11 is 3.35. The molecule has 6 nitrogen and oxygen atoms in total. The summed E-state index contributed by atoms with van der Waals surface area (Å²) < 4.78 is 14.8. The maximum atomic E-state index is 13.0. The summed E-state index contributed by atoms with van der Waals surface area (Å²) in [4.78, 5) is 28.4. The first-order chi connectivity index (χ1) is 12.0. The zero-order valence-corrected chi connectivity index (χ0v) is 15.4. The van der Waals surface area contributed by atoms with Crippen molar-refractivity contribution >= 4 is 27.5 Å². The number of anilines is 1. The van der Waals surface area contributed by atoms with Crippen molar-refractivity contribution in [3.8, 4) is 0 Å². The van der Waals surface area contributed by atoms with Gasteiger partial charge in [-0.25, -0.2) is 9.07 Å². The van der Waals surface area contributed by atoms with Crippen LogP contribution in [-0.2, 0) is 7.05 Å². The van der Waals surface area contributed by atoms with E-state index in [1.807, 2.05) is 0 Å². The van der Waals surface area contributed by atoms with Crippen LogP contribution in [0.3, 0.4) is 0 Å². The van der Waals surface area contributed by atoms with E-state index >= 15 is 0 Å². The molecule has 0 unspecified atom stereocenters. The predicted molar refractivity (Wildman–Crippen MR) is 96.3 cm³/mol. The fourth-order valence-electron chi connectivity index (χ4n) is 2.86. The predicted octanol–water partition coefficient (Wildman–Crippen LogP) is 2.03. The van der Waals surface area contributed by atoms with Crippen LogP contribution >= 0.6 is 15.9 Å². The van der Waals surface area contributed by atoms with E-state index in [1.54, 1.807) is 18.1 Å². The first-order valence-corrected chi connectivity index (χ1v) is 8.78. The van der Waals surface area contributed by atoms with E-state index in [0.29, 0.717) is 29.7 Å². The van der Waals surface area contributed by atoms with Gasteiger partial charge in [0.05, 0.1) is 11.9 Å². The topological polar surface area (TPSA) is 58.4 Å². The van der Waals surface area contributed by atoms with Gasteiger partial charge in [0.25, 0.3) is 11.5 Å². The first-order valence-electron chi connectivity index (χ1n) is 7.99. The van der Waals surface area contributed by atoms with Crippen LogP contribution < -0.4 is 10.5 Å². The van der Waals surface area contributed by atoms with Gasteiger partial charge in [-0.2, -0.15) is 5.10 Å². The van der Waals surface area contributed by atoms with Crippen LogP contribution in [0.4, 0.5) is 10.1 Å². The van der Waals surface area contributed by atoms with Crippen LogP contribution in [0.15, 0.2) is 39.7 Å². The molecule has 2 heterocycles. The van der Waals surface area contributed by atoms with Crippen molar-refractivity contribution in [2.75, 3.05) is 31.1 Å². The second-order valence-electron chi connectivity index (χ2n) is 5.91. The van der Waals surface area contributed by atoms with Gasteiger partial charge in [-0.15, -0.1) is 0 Å². The van der Waals surface area contributed by atoms with Gasteiger partial charge in [0.2, 0.25) is 0 Å². The Morgan fingerprint density at radius 1 is 1.16 bits per heavy atom. The fraction of sp³-hybridized carbons (Fsp3) is 0.353. The lowest BCUT2D eigenvalue weighted by Crippen LogP contribution is -2.36. The van der Waals surface area contributed by atoms with Gasteiger partial charge in [0, 0.05) is 38.8 Å². The van der Waals surface area contributed by atoms with Crippen molar-refractivity contribution in [3.63, 3.8) is 0 Å². The number of benzene rings is 1. The third-order valence-corrected chi connectivity index (χ3v) is 5.02. The molecule has 0 N–H and O–H groups in total. The number of carbonyl (C=O) groups is 1. The number of nitrogens with zero attached hydrogens (tertiary/aromatic N) is 4. The fourth-order valence-corrected chi connectivity index (χ4v) is 3.47. The van der Waals surface area contributed by atoms with Gasteiger partial charge in [-0.3, -0.25) is 9.59 Å². The van der Waals surface area contributed by atoms with E-state index in [2.05, 4.69) is 25.9 Å². The number of rotatable bonds is 2. The molecule has 0 aliphatic carbocycles. The molecule has 1 fully saturated rings. The highest BCUT2D eigenvalue weighted by molar-refractivity contribution is 9.10. The number of aryl methyl sites for hydroxylation is 1. The minimum Gasteiger partial charge on any atom is -0.367 e. The highest BCUT2D eigenvalue weighted by Gasteiger charge is 2.22. The second-order valence-corrected chi connectivity index (χ2v) is 6.71. The number of halogens is 2. The summed E-state index contributed by atoms with van der Waals surface area (Å²) in [5.74, 6) is -0.468. The molecule has 1 aliphatic rings. The molecular weight excluding hydrogens is 391 g/mol. The molecule has 1 amide bonds. The van der Waals surface area contributed by atoms with Crippen LogP contribution in [0.1, 0.15) is 16.8 Å². The minimum absolute atomic E-state index is 0.108. The molecule has 1 saturated heterocycles. The molecule has 132 valence electrons. The summed E-state index contributed by atoms with van der Waals surface area (Å²) in [6.45, 7) is 2.46. The summed E-state index contributed by atoms with van der Waals surface area (Å²) in [6, 6.07) is 5.59. The van der Waals surface area contributed by atoms with Crippen molar-refractivity contribution in [1.82, 2.24) is 14.7 Å². The highest BCUT2D eigenvalue weighted by Crippen LogP contribution is 2.23. The van der Waals surface area contributed by atoms with Gasteiger partial charge >= 0.3 is 0 Å². The van der Waals surface area contributed by atoms with Crippen molar-refractivity contribution in [3.05, 3.63) is 56.7 Å². The molecule has 0 bridgehead atoms. The van der Waals surface area contributed by atoms with Crippen molar-refractivity contribution in [2.24, 2.45) is 7.05 Å². The zero-order chi connectivity index (χ0) is 18.0. The molecule has 25 heavy (non-hydrogen) atoms. The monoisotopic (exact) mass is 408 g/mol. The Balaban J connectivity index is 1.74.